The number of ketones is 1. The average Bonchev–Trinajstić information content (AvgIpc) is 3.25. The molecule has 0 saturated carbocycles. The van der Waals surface area contributed by atoms with Gasteiger partial charge in [0, 0.05) is 47.2 Å². The molecule has 0 spiro atoms. The molecule has 1 aliphatic heterocycles. The Balaban J connectivity index is 1.23. The van der Waals surface area contributed by atoms with Crippen LogP contribution in [0.3, 0.4) is 0 Å². The molecule has 0 bridgehead atoms. The summed E-state index contributed by atoms with van der Waals surface area (Å²) in [5.74, 6) is -0.378. The number of carbonyl (C=O) groups excluding carboxylic acids is 4. The fraction of sp³-hybridized carbons (Fsp3) is 0.292. The maximum Gasteiger partial charge on any atom is 0.416 e. The fourth-order valence-corrected chi connectivity index (χ4v) is 7.90. The molecule has 0 aliphatic carbocycles. The number of benzene rings is 5. The summed E-state index contributed by atoms with van der Waals surface area (Å²) in [5, 5.41) is 0. The van der Waals surface area contributed by atoms with Crippen LogP contribution in [-0.4, -0.2) is 79.1 Å². The number of fused-ring (bicyclic) bond motifs is 1. The average molecular weight is 914 g/mol. The molecular weight excluding hydrogens is 865 g/mol. The van der Waals surface area contributed by atoms with Gasteiger partial charge in [-0.2, -0.15) is 13.2 Å². The van der Waals surface area contributed by atoms with Crippen LogP contribution in [0, 0.1) is 0 Å². The smallest absolute Gasteiger partial charge is 0.416 e. The Labute approximate surface area is 367 Å². The Morgan fingerprint density at radius 3 is 2.26 bits per heavy atom. The van der Waals surface area contributed by atoms with Crippen LogP contribution in [0.2, 0.25) is 0 Å². The second-order valence-electron chi connectivity index (χ2n) is 15.5. The molecular formula is C48H48BrF3N4O6. The van der Waals surface area contributed by atoms with E-state index in [1.165, 1.54) is 12.1 Å². The Bertz CT molecular complexity index is 2410. The van der Waals surface area contributed by atoms with Gasteiger partial charge in [-0.3, -0.25) is 19.2 Å². The third-order valence-corrected chi connectivity index (χ3v) is 11.4. The molecule has 0 radical (unpaired) electrons. The van der Waals surface area contributed by atoms with Gasteiger partial charge in [0.1, 0.15) is 11.5 Å². The molecule has 0 fully saturated rings. The number of hydrogen-bond acceptors (Lipinski definition) is 7. The van der Waals surface area contributed by atoms with E-state index < -0.39 is 30.1 Å². The van der Waals surface area contributed by atoms with Crippen molar-refractivity contribution in [3.8, 4) is 11.5 Å². The number of nitrogens with two attached hydrogens (primary N) is 1. The molecule has 5 aromatic rings. The van der Waals surface area contributed by atoms with Gasteiger partial charge in [0.2, 0.25) is 5.91 Å². The zero-order chi connectivity index (χ0) is 44.6. The van der Waals surface area contributed by atoms with Gasteiger partial charge in [-0.05, 0) is 122 Å². The number of hydrogen-bond donors (Lipinski definition) is 1. The second kappa shape index (κ2) is 20.3. The van der Waals surface area contributed by atoms with Gasteiger partial charge in [0.05, 0.1) is 31.9 Å². The summed E-state index contributed by atoms with van der Waals surface area (Å²) in [6.07, 6.45) is -2.55. The van der Waals surface area contributed by atoms with E-state index in [9.17, 15) is 32.3 Å². The van der Waals surface area contributed by atoms with E-state index in [1.807, 2.05) is 56.6 Å². The molecule has 1 atom stereocenters. The second-order valence-corrected chi connectivity index (χ2v) is 16.4. The van der Waals surface area contributed by atoms with Crippen molar-refractivity contribution in [1.29, 1.82) is 0 Å². The van der Waals surface area contributed by atoms with Crippen molar-refractivity contribution >= 4 is 39.4 Å². The zero-order valence-corrected chi connectivity index (χ0v) is 36.3. The van der Waals surface area contributed by atoms with Crippen LogP contribution in [0.5, 0.6) is 11.5 Å². The molecule has 324 valence electrons. The summed E-state index contributed by atoms with van der Waals surface area (Å²) in [6, 6.07) is 29.5. The summed E-state index contributed by atoms with van der Waals surface area (Å²) in [6.45, 7) is 0.866. The van der Waals surface area contributed by atoms with Crippen molar-refractivity contribution in [3.05, 3.63) is 164 Å². The highest BCUT2D eigenvalue weighted by Crippen LogP contribution is 2.36. The number of Topliss-reactive ketones (excluding diaryl/α,β-unsaturated/α-hetero) is 1. The number of primary amides is 1. The number of ether oxygens (including phenoxy) is 2. The molecule has 1 aliphatic rings. The van der Waals surface area contributed by atoms with Crippen LogP contribution < -0.4 is 15.2 Å². The van der Waals surface area contributed by atoms with Crippen molar-refractivity contribution in [2.24, 2.45) is 5.73 Å². The van der Waals surface area contributed by atoms with Gasteiger partial charge in [-0.1, -0.05) is 64.5 Å². The van der Waals surface area contributed by atoms with E-state index in [1.54, 1.807) is 54.5 Å². The Hall–Kier alpha value is -5.99. The lowest BCUT2D eigenvalue weighted by Crippen LogP contribution is -2.40. The van der Waals surface area contributed by atoms with Gasteiger partial charge >= 0.3 is 6.18 Å². The highest BCUT2D eigenvalue weighted by molar-refractivity contribution is 9.10. The summed E-state index contributed by atoms with van der Waals surface area (Å²) in [5.41, 5.74) is 9.34. The number of carbonyl (C=O) groups is 4. The Morgan fingerprint density at radius 2 is 1.58 bits per heavy atom. The number of methoxy groups -OCH3 is 1. The number of rotatable bonds is 18. The number of halogens is 4. The van der Waals surface area contributed by atoms with E-state index in [0.717, 1.165) is 52.4 Å². The first-order valence-corrected chi connectivity index (χ1v) is 20.9. The number of aryl methyl sites for hydroxylation is 1. The molecule has 1 unspecified atom stereocenters. The molecule has 14 heteroatoms. The van der Waals surface area contributed by atoms with Crippen molar-refractivity contribution in [2.75, 3.05) is 40.9 Å². The lowest BCUT2D eigenvalue weighted by atomic mass is 9.87. The number of amides is 3. The van der Waals surface area contributed by atoms with Crippen LogP contribution in [0.25, 0.3) is 0 Å². The first-order chi connectivity index (χ1) is 29.6. The standard InChI is InChI=1S/C48H48BrF3N4O6/c1-54(2)22-5-23-62-38-17-15-34(16-18-38)43-26-36-14-8-31(11-21-44(57)41-27-39(61-3)19-20-42(41)49)25-40(36)47(60)56(43)29-32-9-12-35(13-10-32)46(59)55(30-45(53)58)28-33-6-4-7-37(24-33)48(50,51)52/h4,6-10,12-20,24-25,27,43H,5,11,21-23,26,28-30H2,1-3H3,(H2,53,58). The van der Waals surface area contributed by atoms with Gasteiger partial charge in [-0.25, -0.2) is 0 Å². The maximum atomic E-state index is 14.6. The van der Waals surface area contributed by atoms with Crippen LogP contribution >= 0.6 is 15.9 Å². The van der Waals surface area contributed by atoms with Crippen molar-refractivity contribution in [3.63, 3.8) is 0 Å². The molecule has 6 rings (SSSR count). The monoisotopic (exact) mass is 912 g/mol. The third-order valence-electron chi connectivity index (χ3n) is 10.7. The van der Waals surface area contributed by atoms with Crippen molar-refractivity contribution < 1.29 is 41.8 Å². The quantitative estimate of drug-likeness (QED) is 0.0690. The van der Waals surface area contributed by atoms with Crippen LogP contribution in [-0.2, 0) is 36.9 Å². The molecule has 0 aromatic heterocycles. The van der Waals surface area contributed by atoms with Crippen molar-refractivity contribution in [2.45, 2.75) is 51.0 Å². The highest BCUT2D eigenvalue weighted by atomic mass is 79.9. The number of alkyl halides is 3. The summed E-state index contributed by atoms with van der Waals surface area (Å²) in [4.78, 5) is 58.5. The van der Waals surface area contributed by atoms with Gasteiger partial charge in [0.15, 0.2) is 5.78 Å². The molecule has 10 nitrogen and oxygen atoms in total. The first-order valence-electron chi connectivity index (χ1n) is 20.1. The fourth-order valence-electron chi connectivity index (χ4n) is 7.43. The van der Waals surface area contributed by atoms with Crippen molar-refractivity contribution in [1.82, 2.24) is 14.7 Å². The lowest BCUT2D eigenvalue weighted by Gasteiger charge is -2.37. The van der Waals surface area contributed by atoms with Crippen LogP contribution in [0.1, 0.15) is 83.3 Å². The van der Waals surface area contributed by atoms with Crippen LogP contribution in [0.4, 0.5) is 13.2 Å². The molecule has 3 amide bonds. The normalized spacial score (nSPS) is 13.8. The van der Waals surface area contributed by atoms with E-state index >= 15 is 0 Å². The first kappa shape index (κ1) is 45.5. The van der Waals surface area contributed by atoms with E-state index in [-0.39, 0.29) is 48.4 Å². The molecule has 2 N–H and O–H groups in total. The SMILES string of the molecule is COc1ccc(Br)c(C(=O)CCc2ccc3c(c2)C(=O)N(Cc2ccc(C(=O)N(CC(N)=O)Cc4cccc(C(F)(F)F)c4)cc2)C(c2ccc(OCCCN(C)C)cc2)C3)c1. The van der Waals surface area contributed by atoms with Gasteiger partial charge in [-0.15, -0.1) is 0 Å². The Morgan fingerprint density at radius 1 is 0.871 bits per heavy atom. The molecule has 62 heavy (non-hydrogen) atoms. The summed E-state index contributed by atoms with van der Waals surface area (Å²) >= 11 is 3.47. The Kier molecular flexibility index (Phi) is 14.9. The predicted octanol–water partition coefficient (Wildman–Crippen LogP) is 8.69. The van der Waals surface area contributed by atoms with E-state index in [4.69, 9.17) is 15.2 Å². The minimum Gasteiger partial charge on any atom is -0.497 e. The predicted molar refractivity (Wildman–Crippen MR) is 233 cm³/mol. The summed E-state index contributed by atoms with van der Waals surface area (Å²) < 4.78 is 52.2. The zero-order valence-electron chi connectivity index (χ0n) is 34.7. The van der Waals surface area contributed by atoms with E-state index in [0.29, 0.717) is 46.4 Å². The van der Waals surface area contributed by atoms with Crippen LogP contribution in [0.15, 0.2) is 114 Å². The minimum atomic E-state index is -4.58. The van der Waals surface area contributed by atoms with Gasteiger partial charge < -0.3 is 29.9 Å². The van der Waals surface area contributed by atoms with E-state index in [2.05, 4.69) is 20.8 Å². The molecule has 1 heterocycles. The maximum absolute atomic E-state index is 14.6. The summed E-state index contributed by atoms with van der Waals surface area (Å²) in [7, 11) is 5.57. The molecule has 0 saturated heterocycles. The number of nitrogens with zero attached hydrogens (tertiary/aromatic N) is 3. The lowest BCUT2D eigenvalue weighted by molar-refractivity contribution is -0.137. The molecule has 5 aromatic carbocycles. The highest BCUT2D eigenvalue weighted by Gasteiger charge is 2.34. The topological polar surface area (TPSA) is 122 Å². The van der Waals surface area contributed by atoms with Gasteiger partial charge in [0.25, 0.3) is 11.8 Å². The largest absolute Gasteiger partial charge is 0.497 e. The third kappa shape index (κ3) is 11.7. The minimum absolute atomic E-state index is 0.0676.